The van der Waals surface area contributed by atoms with E-state index >= 15 is 0 Å². The number of aromatic nitrogens is 1. The average Bonchev–Trinajstić information content (AvgIpc) is 2.14. The second-order valence-corrected chi connectivity index (χ2v) is 1.59. The highest BCUT2D eigenvalue weighted by atomic mass is 16.5. The first-order valence-electron chi connectivity index (χ1n) is 2.30. The maximum absolute atomic E-state index is 10.1. The molecule has 4 heteroatoms. The number of carboxylic acids is 1. The van der Waals surface area contributed by atoms with Crippen molar-refractivity contribution in [1.82, 2.24) is 4.73 Å². The average molecular weight is 127 g/mol. The molecule has 0 aliphatic heterocycles. The van der Waals surface area contributed by atoms with Gasteiger partial charge in [0.15, 0.2) is 0 Å². The van der Waals surface area contributed by atoms with E-state index in [9.17, 15) is 4.79 Å². The number of hydrogen-bond acceptors (Lipinski definition) is 2. The predicted octanol–water partition coefficient (Wildman–Crippen LogP) is 0.424. The molecule has 4 nitrogen and oxygen atoms in total. The van der Waals surface area contributed by atoms with Crippen LogP contribution in [0.1, 0.15) is 10.4 Å². The van der Waals surface area contributed by atoms with Crippen molar-refractivity contribution in [2.75, 3.05) is 0 Å². The molecule has 0 fully saturated rings. The molecule has 1 rings (SSSR count). The second-order valence-electron chi connectivity index (χ2n) is 1.59. The smallest absolute Gasteiger partial charge is 0.337 e. The minimum Gasteiger partial charge on any atom is -0.478 e. The van der Waals surface area contributed by atoms with Gasteiger partial charge in [-0.05, 0) is 6.07 Å². The van der Waals surface area contributed by atoms with Gasteiger partial charge in [0.05, 0.1) is 11.8 Å². The quantitative estimate of drug-likeness (QED) is 0.537. The molecule has 0 aliphatic rings. The van der Waals surface area contributed by atoms with Gasteiger partial charge in [0, 0.05) is 6.20 Å². The minimum atomic E-state index is -1.04. The Balaban J connectivity index is 2.98. The topological polar surface area (TPSA) is 62.5 Å². The summed E-state index contributed by atoms with van der Waals surface area (Å²) in [6.45, 7) is 0. The molecule has 0 amide bonds. The van der Waals surface area contributed by atoms with E-state index in [0.717, 1.165) is 6.20 Å². The van der Waals surface area contributed by atoms with Crippen molar-refractivity contribution in [3.8, 4) is 0 Å². The Morgan fingerprint density at radius 2 is 2.33 bits per heavy atom. The maximum atomic E-state index is 10.1. The summed E-state index contributed by atoms with van der Waals surface area (Å²) in [5.41, 5.74) is 0.0810. The van der Waals surface area contributed by atoms with Gasteiger partial charge in [-0.2, -0.15) is 0 Å². The van der Waals surface area contributed by atoms with Crippen molar-refractivity contribution < 1.29 is 15.1 Å². The second kappa shape index (κ2) is 1.81. The zero-order chi connectivity index (χ0) is 6.85. The normalized spacial score (nSPS) is 9.33. The number of carboxylic acid groups (broad SMARTS) is 1. The molecule has 0 unspecified atom stereocenters. The molecule has 1 aromatic rings. The fourth-order valence-corrected chi connectivity index (χ4v) is 0.512. The summed E-state index contributed by atoms with van der Waals surface area (Å²) >= 11 is 0. The largest absolute Gasteiger partial charge is 0.478 e. The molecular formula is C5H5NO3. The fourth-order valence-electron chi connectivity index (χ4n) is 0.512. The predicted molar refractivity (Wildman–Crippen MR) is 28.6 cm³/mol. The molecule has 1 heterocycles. The lowest BCUT2D eigenvalue weighted by molar-refractivity contribution is 0.0694. The summed E-state index contributed by atoms with van der Waals surface area (Å²) in [7, 11) is 0. The first-order chi connectivity index (χ1) is 4.20. The van der Waals surface area contributed by atoms with Crippen LogP contribution in [-0.4, -0.2) is 21.0 Å². The number of rotatable bonds is 1. The third-order valence-corrected chi connectivity index (χ3v) is 0.925. The van der Waals surface area contributed by atoms with Gasteiger partial charge in [0.25, 0.3) is 0 Å². The van der Waals surface area contributed by atoms with E-state index in [4.69, 9.17) is 10.3 Å². The van der Waals surface area contributed by atoms with E-state index in [1.54, 1.807) is 0 Å². The van der Waals surface area contributed by atoms with E-state index in [2.05, 4.69) is 0 Å². The third kappa shape index (κ3) is 1.02. The zero-order valence-corrected chi connectivity index (χ0v) is 4.48. The SMILES string of the molecule is O=C(O)c1ccn(O)c1. The van der Waals surface area contributed by atoms with E-state index in [-0.39, 0.29) is 5.56 Å². The van der Waals surface area contributed by atoms with Gasteiger partial charge in [-0.25, -0.2) is 9.52 Å². The number of aromatic carboxylic acids is 1. The Bertz CT molecular complexity index is 228. The molecule has 0 spiro atoms. The van der Waals surface area contributed by atoms with E-state index in [1.807, 2.05) is 0 Å². The Kier molecular flexibility index (Phi) is 1.14. The highest BCUT2D eigenvalue weighted by Crippen LogP contribution is 1.97. The van der Waals surface area contributed by atoms with Gasteiger partial charge >= 0.3 is 5.97 Å². The Morgan fingerprint density at radius 1 is 1.67 bits per heavy atom. The van der Waals surface area contributed by atoms with Crippen LogP contribution in [0.2, 0.25) is 0 Å². The van der Waals surface area contributed by atoms with Crippen LogP contribution >= 0.6 is 0 Å². The van der Waals surface area contributed by atoms with Crippen LogP contribution < -0.4 is 0 Å². The van der Waals surface area contributed by atoms with Crippen LogP contribution in [-0.2, 0) is 0 Å². The van der Waals surface area contributed by atoms with Crippen molar-refractivity contribution in [1.29, 1.82) is 0 Å². The summed E-state index contributed by atoms with van der Waals surface area (Å²) < 4.78 is 0.698. The monoisotopic (exact) mass is 127 g/mol. The Hall–Kier alpha value is -1.45. The molecule has 2 N–H and O–H groups in total. The Labute approximate surface area is 50.9 Å². The number of hydrogen-bond donors (Lipinski definition) is 2. The lowest BCUT2D eigenvalue weighted by atomic mass is 10.4. The summed E-state index contributed by atoms with van der Waals surface area (Å²) in [6.07, 6.45) is 2.37. The molecule has 1 aromatic heterocycles. The summed E-state index contributed by atoms with van der Waals surface area (Å²) in [4.78, 5) is 10.1. The van der Waals surface area contributed by atoms with Gasteiger partial charge in [-0.15, -0.1) is 0 Å². The maximum Gasteiger partial charge on any atom is 0.337 e. The van der Waals surface area contributed by atoms with E-state index < -0.39 is 5.97 Å². The number of nitrogens with zero attached hydrogens (tertiary/aromatic N) is 1. The van der Waals surface area contributed by atoms with Crippen LogP contribution in [0.4, 0.5) is 0 Å². The first kappa shape index (κ1) is 5.68. The molecule has 0 aromatic carbocycles. The highest BCUT2D eigenvalue weighted by Gasteiger charge is 2.01. The first-order valence-corrected chi connectivity index (χ1v) is 2.30. The van der Waals surface area contributed by atoms with Gasteiger partial charge in [0.1, 0.15) is 0 Å². The highest BCUT2D eigenvalue weighted by molar-refractivity contribution is 5.87. The van der Waals surface area contributed by atoms with Crippen molar-refractivity contribution in [3.05, 3.63) is 24.0 Å². The summed E-state index contributed by atoms with van der Waals surface area (Å²) in [5.74, 6) is -1.04. The van der Waals surface area contributed by atoms with Crippen molar-refractivity contribution in [3.63, 3.8) is 0 Å². The van der Waals surface area contributed by atoms with Crippen molar-refractivity contribution in [2.24, 2.45) is 0 Å². The van der Waals surface area contributed by atoms with Crippen LogP contribution in [0.25, 0.3) is 0 Å². The molecular weight excluding hydrogens is 122 g/mol. The van der Waals surface area contributed by atoms with Crippen LogP contribution in [0.5, 0.6) is 0 Å². The fraction of sp³-hybridized carbons (Fsp3) is 0. The van der Waals surface area contributed by atoms with E-state index in [0.29, 0.717) is 4.73 Å². The van der Waals surface area contributed by atoms with Crippen molar-refractivity contribution in [2.45, 2.75) is 0 Å². The lowest BCUT2D eigenvalue weighted by Crippen LogP contribution is -1.92. The minimum absolute atomic E-state index is 0.0810. The van der Waals surface area contributed by atoms with E-state index in [1.165, 1.54) is 12.3 Å². The molecule has 9 heavy (non-hydrogen) atoms. The molecule has 0 saturated heterocycles. The molecule has 0 saturated carbocycles. The van der Waals surface area contributed by atoms with Crippen LogP contribution in [0, 0.1) is 0 Å². The summed E-state index contributed by atoms with van der Waals surface area (Å²) in [6, 6.07) is 1.31. The zero-order valence-electron chi connectivity index (χ0n) is 4.48. The third-order valence-electron chi connectivity index (χ3n) is 0.925. The molecule has 0 aliphatic carbocycles. The lowest BCUT2D eigenvalue weighted by Gasteiger charge is -1.83. The Morgan fingerprint density at radius 3 is 2.56 bits per heavy atom. The molecule has 48 valence electrons. The molecule has 0 atom stereocenters. The van der Waals surface area contributed by atoms with Crippen LogP contribution in [0.3, 0.4) is 0 Å². The molecule has 0 bridgehead atoms. The van der Waals surface area contributed by atoms with Crippen molar-refractivity contribution >= 4 is 5.97 Å². The summed E-state index contributed by atoms with van der Waals surface area (Å²) in [5, 5.41) is 16.8. The van der Waals surface area contributed by atoms with Gasteiger partial charge < -0.3 is 10.3 Å². The van der Waals surface area contributed by atoms with Crippen LogP contribution in [0.15, 0.2) is 18.5 Å². The van der Waals surface area contributed by atoms with Gasteiger partial charge in [0.2, 0.25) is 0 Å². The van der Waals surface area contributed by atoms with Gasteiger partial charge in [-0.1, -0.05) is 0 Å². The molecule has 0 radical (unpaired) electrons. The standard InChI is InChI=1S/C5H5NO3/c7-5(8)4-1-2-6(9)3-4/h1-3,9H,(H,7,8). The van der Waals surface area contributed by atoms with Gasteiger partial charge in [-0.3, -0.25) is 0 Å². The number of carbonyl (C=O) groups is 1.